The first-order valence-electron chi connectivity index (χ1n) is 5.43. The van der Waals surface area contributed by atoms with Crippen LogP contribution in [0.1, 0.15) is 11.6 Å². The number of hydrogen-bond acceptors (Lipinski definition) is 3. The Labute approximate surface area is 95.0 Å². The molecule has 1 aliphatic rings. The standard InChI is InChI=1S/C12H16N2O2/c13-11(10-4-2-1-3-5-10)8-14-6-7-16-9-12(14)15/h1-5,11H,6-9,13H2. The molecule has 1 unspecified atom stereocenters. The third-order valence-corrected chi connectivity index (χ3v) is 2.73. The third kappa shape index (κ3) is 2.59. The molecule has 0 aliphatic carbocycles. The number of nitrogens with zero attached hydrogens (tertiary/aromatic N) is 1. The number of carbonyl (C=O) groups is 1. The van der Waals surface area contributed by atoms with Crippen molar-refractivity contribution in [2.45, 2.75) is 6.04 Å². The maximum absolute atomic E-state index is 11.5. The zero-order valence-corrected chi connectivity index (χ0v) is 9.13. The van der Waals surface area contributed by atoms with E-state index in [1.54, 1.807) is 4.90 Å². The summed E-state index contributed by atoms with van der Waals surface area (Å²) < 4.78 is 5.07. The topological polar surface area (TPSA) is 55.6 Å². The smallest absolute Gasteiger partial charge is 0.248 e. The molecule has 1 heterocycles. The van der Waals surface area contributed by atoms with Crippen LogP contribution in [-0.2, 0) is 9.53 Å². The Hall–Kier alpha value is -1.39. The summed E-state index contributed by atoms with van der Waals surface area (Å²) >= 11 is 0. The van der Waals surface area contributed by atoms with E-state index in [0.29, 0.717) is 19.7 Å². The summed E-state index contributed by atoms with van der Waals surface area (Å²) in [6.45, 7) is 1.99. The van der Waals surface area contributed by atoms with Gasteiger partial charge in [-0.15, -0.1) is 0 Å². The minimum Gasteiger partial charge on any atom is -0.370 e. The van der Waals surface area contributed by atoms with Crippen LogP contribution in [0.2, 0.25) is 0 Å². The molecule has 0 aromatic heterocycles. The second-order valence-electron chi connectivity index (χ2n) is 3.91. The highest BCUT2D eigenvalue weighted by atomic mass is 16.5. The molecule has 1 aromatic rings. The van der Waals surface area contributed by atoms with Crippen molar-refractivity contribution in [3.8, 4) is 0 Å². The van der Waals surface area contributed by atoms with E-state index in [4.69, 9.17) is 10.5 Å². The number of morpholine rings is 1. The molecule has 1 aliphatic heterocycles. The summed E-state index contributed by atoms with van der Waals surface area (Å²) in [5.41, 5.74) is 7.11. The predicted octanol–water partition coefficient (Wildman–Crippen LogP) is 0.545. The molecule has 2 N–H and O–H groups in total. The Morgan fingerprint density at radius 1 is 1.38 bits per heavy atom. The van der Waals surface area contributed by atoms with E-state index in [0.717, 1.165) is 5.56 Å². The van der Waals surface area contributed by atoms with E-state index in [-0.39, 0.29) is 18.6 Å². The van der Waals surface area contributed by atoms with E-state index in [2.05, 4.69) is 0 Å². The number of benzene rings is 1. The van der Waals surface area contributed by atoms with Gasteiger partial charge in [-0.3, -0.25) is 4.79 Å². The lowest BCUT2D eigenvalue weighted by Gasteiger charge is -2.29. The molecular weight excluding hydrogens is 204 g/mol. The fourth-order valence-electron chi connectivity index (χ4n) is 1.79. The fraction of sp³-hybridized carbons (Fsp3) is 0.417. The lowest BCUT2D eigenvalue weighted by molar-refractivity contribution is -0.142. The van der Waals surface area contributed by atoms with Crippen LogP contribution >= 0.6 is 0 Å². The molecule has 86 valence electrons. The third-order valence-electron chi connectivity index (χ3n) is 2.73. The lowest BCUT2D eigenvalue weighted by Crippen LogP contribution is -2.44. The van der Waals surface area contributed by atoms with Crippen molar-refractivity contribution >= 4 is 5.91 Å². The normalized spacial score (nSPS) is 18.6. The maximum atomic E-state index is 11.5. The summed E-state index contributed by atoms with van der Waals surface area (Å²) in [4.78, 5) is 13.3. The molecule has 0 saturated carbocycles. The highest BCUT2D eigenvalue weighted by Crippen LogP contribution is 2.12. The van der Waals surface area contributed by atoms with Crippen LogP contribution in [0, 0.1) is 0 Å². The van der Waals surface area contributed by atoms with Gasteiger partial charge in [0.2, 0.25) is 5.91 Å². The molecule has 1 atom stereocenters. The number of hydrogen-bond donors (Lipinski definition) is 1. The average molecular weight is 220 g/mol. The minimum absolute atomic E-state index is 0.0256. The van der Waals surface area contributed by atoms with Gasteiger partial charge >= 0.3 is 0 Å². The van der Waals surface area contributed by atoms with Crippen LogP contribution in [-0.4, -0.2) is 37.1 Å². The molecule has 4 nitrogen and oxygen atoms in total. The SMILES string of the molecule is NC(CN1CCOCC1=O)c1ccccc1. The molecule has 1 amide bonds. The van der Waals surface area contributed by atoms with E-state index in [1.165, 1.54) is 0 Å². The molecule has 1 aromatic carbocycles. The van der Waals surface area contributed by atoms with E-state index in [1.807, 2.05) is 30.3 Å². The number of nitrogens with two attached hydrogens (primary N) is 1. The van der Waals surface area contributed by atoms with Crippen LogP contribution in [0.15, 0.2) is 30.3 Å². The van der Waals surface area contributed by atoms with Crippen LogP contribution in [0.4, 0.5) is 0 Å². The van der Waals surface area contributed by atoms with E-state index < -0.39 is 0 Å². The average Bonchev–Trinajstić information content (AvgIpc) is 2.33. The van der Waals surface area contributed by atoms with Crippen molar-refractivity contribution in [1.82, 2.24) is 4.90 Å². The van der Waals surface area contributed by atoms with Crippen molar-refractivity contribution in [3.63, 3.8) is 0 Å². The van der Waals surface area contributed by atoms with Crippen molar-refractivity contribution in [1.29, 1.82) is 0 Å². The molecule has 1 saturated heterocycles. The number of ether oxygens (including phenoxy) is 1. The first-order chi connectivity index (χ1) is 7.77. The molecule has 4 heteroatoms. The zero-order chi connectivity index (χ0) is 11.4. The quantitative estimate of drug-likeness (QED) is 0.809. The summed E-state index contributed by atoms with van der Waals surface area (Å²) in [6, 6.07) is 9.71. The second-order valence-corrected chi connectivity index (χ2v) is 3.91. The van der Waals surface area contributed by atoms with E-state index >= 15 is 0 Å². The van der Waals surface area contributed by atoms with Crippen molar-refractivity contribution < 1.29 is 9.53 Å². The summed E-state index contributed by atoms with van der Waals surface area (Å²) in [5.74, 6) is 0.0256. The molecular formula is C12H16N2O2. The first-order valence-corrected chi connectivity index (χ1v) is 5.43. The van der Waals surface area contributed by atoms with Gasteiger partial charge in [0.05, 0.1) is 6.61 Å². The first kappa shape index (κ1) is 11.1. The molecule has 0 radical (unpaired) electrons. The van der Waals surface area contributed by atoms with Gasteiger partial charge in [-0.2, -0.15) is 0 Å². The van der Waals surface area contributed by atoms with Gasteiger partial charge < -0.3 is 15.4 Å². The summed E-state index contributed by atoms with van der Waals surface area (Å²) in [6.07, 6.45) is 0. The van der Waals surface area contributed by atoms with Gasteiger partial charge in [0.1, 0.15) is 6.61 Å². The lowest BCUT2D eigenvalue weighted by atomic mass is 10.1. The van der Waals surface area contributed by atoms with Crippen LogP contribution in [0.25, 0.3) is 0 Å². The van der Waals surface area contributed by atoms with Gasteiger partial charge in [0, 0.05) is 19.1 Å². The van der Waals surface area contributed by atoms with Gasteiger partial charge in [0.25, 0.3) is 0 Å². The Morgan fingerprint density at radius 2 is 2.12 bits per heavy atom. The maximum Gasteiger partial charge on any atom is 0.248 e. The Kier molecular flexibility index (Phi) is 3.54. The van der Waals surface area contributed by atoms with Crippen LogP contribution in [0.3, 0.4) is 0 Å². The van der Waals surface area contributed by atoms with Crippen molar-refractivity contribution in [2.24, 2.45) is 5.73 Å². The molecule has 1 fully saturated rings. The molecule has 0 bridgehead atoms. The predicted molar refractivity (Wildman–Crippen MR) is 60.8 cm³/mol. The van der Waals surface area contributed by atoms with Crippen LogP contribution in [0.5, 0.6) is 0 Å². The largest absolute Gasteiger partial charge is 0.370 e. The molecule has 16 heavy (non-hydrogen) atoms. The molecule has 2 rings (SSSR count). The monoisotopic (exact) mass is 220 g/mol. The minimum atomic E-state index is -0.122. The van der Waals surface area contributed by atoms with Gasteiger partial charge in [-0.05, 0) is 5.56 Å². The Bertz CT molecular complexity index is 353. The second kappa shape index (κ2) is 5.09. The van der Waals surface area contributed by atoms with Gasteiger partial charge in [-0.1, -0.05) is 30.3 Å². The Morgan fingerprint density at radius 3 is 2.81 bits per heavy atom. The van der Waals surface area contributed by atoms with E-state index in [9.17, 15) is 4.79 Å². The Balaban J connectivity index is 1.96. The number of rotatable bonds is 3. The highest BCUT2D eigenvalue weighted by Gasteiger charge is 2.20. The van der Waals surface area contributed by atoms with Crippen molar-refractivity contribution in [2.75, 3.05) is 26.3 Å². The highest BCUT2D eigenvalue weighted by molar-refractivity contribution is 5.78. The van der Waals surface area contributed by atoms with Gasteiger partial charge in [-0.25, -0.2) is 0 Å². The summed E-state index contributed by atoms with van der Waals surface area (Å²) in [5, 5.41) is 0. The number of amides is 1. The fourth-order valence-corrected chi connectivity index (χ4v) is 1.79. The van der Waals surface area contributed by atoms with Gasteiger partial charge in [0.15, 0.2) is 0 Å². The van der Waals surface area contributed by atoms with Crippen molar-refractivity contribution in [3.05, 3.63) is 35.9 Å². The zero-order valence-electron chi connectivity index (χ0n) is 9.13. The summed E-state index contributed by atoms with van der Waals surface area (Å²) in [7, 11) is 0. The molecule has 0 spiro atoms. The van der Waals surface area contributed by atoms with Crippen LogP contribution < -0.4 is 5.73 Å². The number of carbonyl (C=O) groups excluding carboxylic acids is 1.